The molecule has 0 bridgehead atoms. The first-order valence-electron chi connectivity index (χ1n) is 10.1. The second kappa shape index (κ2) is 7.83. The molecule has 1 N–H and O–H groups in total. The van der Waals surface area contributed by atoms with Crippen molar-refractivity contribution in [3.63, 3.8) is 0 Å². The number of aromatic nitrogens is 2. The molecule has 7 nitrogen and oxygen atoms in total. The van der Waals surface area contributed by atoms with Crippen LogP contribution in [0.15, 0.2) is 24.3 Å². The number of aromatic carboxylic acids is 1. The van der Waals surface area contributed by atoms with Crippen molar-refractivity contribution in [3.05, 3.63) is 52.3 Å². The Hall–Kier alpha value is -3.04. The predicted octanol–water partition coefficient (Wildman–Crippen LogP) is 4.68. The van der Waals surface area contributed by atoms with E-state index in [9.17, 15) is 27.9 Å². The van der Waals surface area contributed by atoms with Crippen LogP contribution in [0.25, 0.3) is 0 Å². The molecule has 32 heavy (non-hydrogen) atoms. The molecule has 174 valence electrons. The Morgan fingerprint density at radius 1 is 1.16 bits per heavy atom. The third-order valence-corrected chi connectivity index (χ3v) is 5.09. The fourth-order valence-corrected chi connectivity index (χ4v) is 3.92. The highest BCUT2D eigenvalue weighted by Crippen LogP contribution is 2.36. The Labute approximate surface area is 183 Å². The molecule has 1 aliphatic heterocycles. The van der Waals surface area contributed by atoms with Crippen LogP contribution in [0.4, 0.5) is 18.0 Å². The Bertz CT molecular complexity index is 1030. The lowest BCUT2D eigenvalue weighted by molar-refractivity contribution is -0.137. The monoisotopic (exact) mass is 453 g/mol. The normalized spacial score (nSPS) is 15.9. The number of nitrogens with zero attached hydrogens (tertiary/aromatic N) is 3. The van der Waals surface area contributed by atoms with Gasteiger partial charge in [-0.05, 0) is 38.5 Å². The molecule has 3 rings (SSSR count). The predicted molar refractivity (Wildman–Crippen MR) is 109 cm³/mol. The van der Waals surface area contributed by atoms with E-state index in [0.29, 0.717) is 16.8 Å². The first-order chi connectivity index (χ1) is 14.6. The minimum Gasteiger partial charge on any atom is -0.476 e. The SMILES string of the molecule is CC(C)(C)OC(=O)N1Cc2c(C(=O)O)nn(Cc3ccc(C(F)(F)F)cc3)c2C(C)(C)C1. The van der Waals surface area contributed by atoms with Crippen LogP contribution < -0.4 is 0 Å². The average molecular weight is 453 g/mol. The summed E-state index contributed by atoms with van der Waals surface area (Å²) in [5.74, 6) is -1.24. The maximum absolute atomic E-state index is 12.8. The molecule has 1 amide bonds. The molecule has 0 spiro atoms. The van der Waals surface area contributed by atoms with Crippen LogP contribution in [0.5, 0.6) is 0 Å². The molecule has 1 aromatic carbocycles. The number of amides is 1. The Morgan fingerprint density at radius 3 is 2.25 bits per heavy atom. The van der Waals surface area contributed by atoms with Crippen molar-refractivity contribution >= 4 is 12.1 Å². The van der Waals surface area contributed by atoms with Gasteiger partial charge in [-0.25, -0.2) is 9.59 Å². The van der Waals surface area contributed by atoms with E-state index in [2.05, 4.69) is 5.10 Å². The summed E-state index contributed by atoms with van der Waals surface area (Å²) in [6.07, 6.45) is -4.99. The first kappa shape index (κ1) is 23.6. The Morgan fingerprint density at radius 2 is 1.75 bits per heavy atom. The number of hydrogen-bond donors (Lipinski definition) is 1. The number of carboxylic acid groups (broad SMARTS) is 1. The van der Waals surface area contributed by atoms with E-state index >= 15 is 0 Å². The Balaban J connectivity index is 1.98. The molecule has 0 saturated heterocycles. The zero-order chi connectivity index (χ0) is 24.1. The molecule has 0 radical (unpaired) electrons. The molecule has 2 heterocycles. The third-order valence-electron chi connectivity index (χ3n) is 5.09. The van der Waals surface area contributed by atoms with Crippen molar-refractivity contribution in [2.24, 2.45) is 0 Å². The van der Waals surface area contributed by atoms with Gasteiger partial charge in [0.25, 0.3) is 0 Å². The molecular formula is C22H26F3N3O4. The molecule has 2 aromatic rings. The number of benzene rings is 1. The summed E-state index contributed by atoms with van der Waals surface area (Å²) in [5.41, 5.74) is -0.746. The van der Waals surface area contributed by atoms with Gasteiger partial charge in [0.2, 0.25) is 0 Å². The van der Waals surface area contributed by atoms with Crippen molar-refractivity contribution in [2.75, 3.05) is 6.54 Å². The average Bonchev–Trinajstić information content (AvgIpc) is 2.99. The van der Waals surface area contributed by atoms with E-state index in [1.54, 1.807) is 20.8 Å². The molecule has 1 aromatic heterocycles. The number of ether oxygens (including phenoxy) is 1. The van der Waals surface area contributed by atoms with Gasteiger partial charge in [0, 0.05) is 17.5 Å². The van der Waals surface area contributed by atoms with Crippen LogP contribution in [0, 0.1) is 0 Å². The quantitative estimate of drug-likeness (QED) is 0.730. The molecule has 1 aliphatic rings. The van der Waals surface area contributed by atoms with Gasteiger partial charge in [-0.15, -0.1) is 0 Å². The molecule has 0 unspecified atom stereocenters. The van der Waals surface area contributed by atoms with E-state index in [1.807, 2.05) is 13.8 Å². The second-order valence-corrected chi connectivity index (χ2v) is 9.55. The van der Waals surface area contributed by atoms with E-state index in [-0.39, 0.29) is 25.3 Å². The minimum absolute atomic E-state index is 0.0162. The van der Waals surface area contributed by atoms with Crippen LogP contribution in [0.1, 0.15) is 67.5 Å². The molecule has 0 aliphatic carbocycles. The number of hydrogen-bond acceptors (Lipinski definition) is 4. The van der Waals surface area contributed by atoms with Gasteiger partial charge in [-0.1, -0.05) is 26.0 Å². The van der Waals surface area contributed by atoms with Gasteiger partial charge < -0.3 is 14.7 Å². The van der Waals surface area contributed by atoms with Gasteiger partial charge in [0.1, 0.15) is 5.60 Å². The van der Waals surface area contributed by atoms with Crippen molar-refractivity contribution in [1.82, 2.24) is 14.7 Å². The number of rotatable bonds is 3. The highest BCUT2D eigenvalue weighted by atomic mass is 19.4. The number of halogens is 3. The number of carbonyl (C=O) groups is 2. The first-order valence-corrected chi connectivity index (χ1v) is 10.1. The van der Waals surface area contributed by atoms with E-state index in [0.717, 1.165) is 12.1 Å². The molecular weight excluding hydrogens is 427 g/mol. The molecule has 0 saturated carbocycles. The summed E-state index contributed by atoms with van der Waals surface area (Å²) in [4.78, 5) is 26.0. The largest absolute Gasteiger partial charge is 0.476 e. The lowest BCUT2D eigenvalue weighted by atomic mass is 9.82. The van der Waals surface area contributed by atoms with Gasteiger partial charge in [-0.3, -0.25) is 4.68 Å². The lowest BCUT2D eigenvalue weighted by Crippen LogP contribution is -2.47. The third kappa shape index (κ3) is 4.89. The maximum Gasteiger partial charge on any atom is 0.416 e. The molecule has 0 fully saturated rings. The number of alkyl halides is 3. The topological polar surface area (TPSA) is 84.7 Å². The number of fused-ring (bicyclic) bond motifs is 1. The van der Waals surface area contributed by atoms with Crippen LogP contribution in [-0.4, -0.2) is 44.0 Å². The standard InChI is InChI=1S/C22H26F3N3O4/c1-20(2,3)32-19(31)27-11-15-16(18(29)30)26-28(17(15)21(4,5)12-27)10-13-6-8-14(9-7-13)22(23,24)25/h6-9H,10-12H2,1-5H3,(H,29,30). The van der Waals surface area contributed by atoms with E-state index < -0.39 is 34.8 Å². The van der Waals surface area contributed by atoms with Crippen molar-refractivity contribution < 1.29 is 32.6 Å². The van der Waals surface area contributed by atoms with Gasteiger partial charge in [0.05, 0.1) is 24.3 Å². The van der Waals surface area contributed by atoms with E-state index in [1.165, 1.54) is 21.7 Å². The molecule has 0 atom stereocenters. The number of carbonyl (C=O) groups excluding carboxylic acids is 1. The molecule has 10 heteroatoms. The van der Waals surface area contributed by atoms with Crippen LogP contribution >= 0.6 is 0 Å². The van der Waals surface area contributed by atoms with Gasteiger partial charge >= 0.3 is 18.2 Å². The second-order valence-electron chi connectivity index (χ2n) is 9.55. The van der Waals surface area contributed by atoms with Crippen LogP contribution in [0.3, 0.4) is 0 Å². The number of carboxylic acids is 1. The fourth-order valence-electron chi connectivity index (χ4n) is 3.92. The van der Waals surface area contributed by atoms with Crippen molar-refractivity contribution in [2.45, 2.75) is 64.9 Å². The Kier molecular flexibility index (Phi) is 5.78. The summed E-state index contributed by atoms with van der Waals surface area (Å²) in [6, 6.07) is 4.66. The van der Waals surface area contributed by atoms with Crippen LogP contribution in [0.2, 0.25) is 0 Å². The zero-order valence-corrected chi connectivity index (χ0v) is 18.6. The maximum atomic E-state index is 12.8. The highest BCUT2D eigenvalue weighted by Gasteiger charge is 2.41. The highest BCUT2D eigenvalue weighted by molar-refractivity contribution is 5.88. The summed E-state index contributed by atoms with van der Waals surface area (Å²) in [6.45, 7) is 9.35. The summed E-state index contributed by atoms with van der Waals surface area (Å²) >= 11 is 0. The van der Waals surface area contributed by atoms with Gasteiger partial charge in [0.15, 0.2) is 5.69 Å². The zero-order valence-electron chi connectivity index (χ0n) is 18.6. The summed E-state index contributed by atoms with van der Waals surface area (Å²) < 4.78 is 45.5. The van der Waals surface area contributed by atoms with Gasteiger partial charge in [-0.2, -0.15) is 18.3 Å². The fraction of sp³-hybridized carbons (Fsp3) is 0.500. The smallest absolute Gasteiger partial charge is 0.416 e. The summed E-state index contributed by atoms with van der Waals surface area (Å²) in [7, 11) is 0. The van der Waals surface area contributed by atoms with Crippen molar-refractivity contribution in [1.29, 1.82) is 0 Å². The van der Waals surface area contributed by atoms with Crippen LogP contribution in [-0.2, 0) is 29.4 Å². The lowest BCUT2D eigenvalue weighted by Gasteiger charge is -2.39. The van der Waals surface area contributed by atoms with E-state index in [4.69, 9.17) is 4.74 Å². The van der Waals surface area contributed by atoms with Crippen molar-refractivity contribution in [3.8, 4) is 0 Å². The summed E-state index contributed by atoms with van der Waals surface area (Å²) in [5, 5.41) is 13.9. The minimum atomic E-state index is -4.44.